The van der Waals surface area contributed by atoms with Gasteiger partial charge in [0.15, 0.2) is 0 Å². The van der Waals surface area contributed by atoms with Gasteiger partial charge in [-0.3, -0.25) is 0 Å². The van der Waals surface area contributed by atoms with Crippen LogP contribution < -0.4 is 5.32 Å². The lowest BCUT2D eigenvalue weighted by Gasteiger charge is -2.31. The minimum absolute atomic E-state index is 0.477. The van der Waals surface area contributed by atoms with Crippen LogP contribution in [-0.4, -0.2) is 57.9 Å². The number of ether oxygens (including phenoxy) is 1. The zero-order chi connectivity index (χ0) is 13.0. The molecule has 0 aromatic rings. The highest BCUT2D eigenvalue weighted by molar-refractivity contribution is 7.88. The van der Waals surface area contributed by atoms with Crippen molar-refractivity contribution in [1.82, 2.24) is 9.62 Å². The van der Waals surface area contributed by atoms with Crippen molar-refractivity contribution < 1.29 is 13.2 Å². The number of nitrogens with zero attached hydrogens (tertiary/aromatic N) is 1. The number of sulfonamides is 1. The maximum atomic E-state index is 11.4. The van der Waals surface area contributed by atoms with Crippen LogP contribution in [0.4, 0.5) is 0 Å². The van der Waals surface area contributed by atoms with Crippen molar-refractivity contribution in [2.24, 2.45) is 5.92 Å². The highest BCUT2D eigenvalue weighted by Crippen LogP contribution is 2.17. The highest BCUT2D eigenvalue weighted by atomic mass is 32.2. The van der Waals surface area contributed by atoms with Crippen LogP contribution >= 0.6 is 0 Å². The Morgan fingerprint density at radius 2 is 2.00 bits per heavy atom. The van der Waals surface area contributed by atoms with E-state index in [0.717, 1.165) is 32.6 Å². The topological polar surface area (TPSA) is 58.6 Å². The Labute approximate surface area is 110 Å². The maximum absolute atomic E-state index is 11.4. The second kappa shape index (κ2) is 6.32. The van der Waals surface area contributed by atoms with Crippen LogP contribution in [0, 0.1) is 5.92 Å². The number of piperidine rings is 1. The molecule has 2 fully saturated rings. The van der Waals surface area contributed by atoms with Crippen LogP contribution in [-0.2, 0) is 14.8 Å². The van der Waals surface area contributed by atoms with Gasteiger partial charge in [0.25, 0.3) is 0 Å². The predicted octanol–water partition coefficient (Wildman–Crippen LogP) is 0.427. The molecular formula is C12H24N2O3S. The lowest BCUT2D eigenvalue weighted by atomic mass is 10.0. The van der Waals surface area contributed by atoms with Gasteiger partial charge in [-0.15, -0.1) is 0 Å². The van der Waals surface area contributed by atoms with Crippen LogP contribution in [0.3, 0.4) is 0 Å². The Morgan fingerprint density at radius 3 is 2.56 bits per heavy atom. The average molecular weight is 276 g/mol. The normalized spacial score (nSPS) is 27.7. The van der Waals surface area contributed by atoms with Crippen LogP contribution in [0.15, 0.2) is 0 Å². The molecule has 1 atom stereocenters. The molecule has 1 N–H and O–H groups in total. The third-order valence-corrected chi connectivity index (χ3v) is 5.24. The van der Waals surface area contributed by atoms with Crippen molar-refractivity contribution in [2.45, 2.75) is 31.7 Å². The Balaban J connectivity index is 1.61. The number of nitrogens with one attached hydrogen (secondary N) is 1. The van der Waals surface area contributed by atoms with Crippen LogP contribution in [0.5, 0.6) is 0 Å². The SMILES string of the molecule is CS(=O)(=O)N1CCC(NCCC2CCOC2)CC1. The molecule has 6 heteroatoms. The molecule has 1 unspecified atom stereocenters. The largest absolute Gasteiger partial charge is 0.381 e. The van der Waals surface area contributed by atoms with Gasteiger partial charge in [-0.1, -0.05) is 0 Å². The van der Waals surface area contributed by atoms with E-state index in [9.17, 15) is 8.42 Å². The smallest absolute Gasteiger partial charge is 0.211 e. The molecule has 0 saturated carbocycles. The van der Waals surface area contributed by atoms with Gasteiger partial charge in [-0.05, 0) is 38.1 Å². The monoisotopic (exact) mass is 276 g/mol. The number of rotatable bonds is 5. The van der Waals surface area contributed by atoms with E-state index >= 15 is 0 Å². The van der Waals surface area contributed by atoms with Gasteiger partial charge in [0.2, 0.25) is 10.0 Å². The van der Waals surface area contributed by atoms with Crippen LogP contribution in [0.2, 0.25) is 0 Å². The summed E-state index contributed by atoms with van der Waals surface area (Å²) < 4.78 is 29.7. The van der Waals surface area contributed by atoms with E-state index in [2.05, 4.69) is 5.32 Å². The minimum Gasteiger partial charge on any atom is -0.381 e. The van der Waals surface area contributed by atoms with E-state index < -0.39 is 10.0 Å². The predicted molar refractivity (Wildman–Crippen MR) is 71.0 cm³/mol. The maximum Gasteiger partial charge on any atom is 0.211 e. The molecule has 5 nitrogen and oxygen atoms in total. The Hall–Kier alpha value is -0.170. The first kappa shape index (κ1) is 14.2. The quantitative estimate of drug-likeness (QED) is 0.791. The first-order valence-corrected chi connectivity index (χ1v) is 8.67. The van der Waals surface area contributed by atoms with Gasteiger partial charge in [-0.25, -0.2) is 12.7 Å². The fourth-order valence-electron chi connectivity index (χ4n) is 2.69. The highest BCUT2D eigenvalue weighted by Gasteiger charge is 2.24. The number of hydrogen-bond donors (Lipinski definition) is 1. The van der Waals surface area contributed by atoms with Gasteiger partial charge >= 0.3 is 0 Å². The van der Waals surface area contributed by atoms with E-state index in [0.29, 0.717) is 25.0 Å². The number of hydrogen-bond acceptors (Lipinski definition) is 4. The Kier molecular flexibility index (Phi) is 5.00. The summed E-state index contributed by atoms with van der Waals surface area (Å²) >= 11 is 0. The van der Waals surface area contributed by atoms with Crippen molar-refractivity contribution in [3.05, 3.63) is 0 Å². The first-order valence-electron chi connectivity index (χ1n) is 6.82. The van der Waals surface area contributed by atoms with E-state index in [1.807, 2.05) is 0 Å². The Bertz CT molecular complexity index is 344. The van der Waals surface area contributed by atoms with Crippen molar-refractivity contribution in [3.63, 3.8) is 0 Å². The molecule has 2 heterocycles. The molecule has 2 aliphatic heterocycles. The summed E-state index contributed by atoms with van der Waals surface area (Å²) in [5, 5.41) is 3.54. The van der Waals surface area contributed by atoms with E-state index in [1.165, 1.54) is 19.1 Å². The van der Waals surface area contributed by atoms with Crippen molar-refractivity contribution >= 4 is 10.0 Å². The molecule has 0 amide bonds. The summed E-state index contributed by atoms with van der Waals surface area (Å²) in [6, 6.07) is 0.477. The molecule has 2 aliphatic rings. The molecule has 0 bridgehead atoms. The molecule has 0 aromatic heterocycles. The van der Waals surface area contributed by atoms with Crippen LogP contribution in [0.25, 0.3) is 0 Å². The van der Waals surface area contributed by atoms with E-state index in [1.54, 1.807) is 4.31 Å². The first-order chi connectivity index (χ1) is 8.55. The lowest BCUT2D eigenvalue weighted by molar-refractivity contribution is 0.183. The summed E-state index contributed by atoms with van der Waals surface area (Å²) in [5.41, 5.74) is 0. The molecule has 0 spiro atoms. The van der Waals surface area contributed by atoms with E-state index in [4.69, 9.17) is 4.74 Å². The molecule has 18 heavy (non-hydrogen) atoms. The molecule has 0 aromatic carbocycles. The van der Waals surface area contributed by atoms with Crippen molar-refractivity contribution in [3.8, 4) is 0 Å². The molecule has 106 valence electrons. The Morgan fingerprint density at radius 1 is 1.28 bits per heavy atom. The average Bonchev–Trinajstić information content (AvgIpc) is 2.82. The van der Waals surface area contributed by atoms with Gasteiger partial charge in [0.1, 0.15) is 0 Å². The fraction of sp³-hybridized carbons (Fsp3) is 1.00. The lowest BCUT2D eigenvalue weighted by Crippen LogP contribution is -2.44. The minimum atomic E-state index is -2.99. The standard InChI is InChI=1S/C12H24N2O3S/c1-18(15,16)14-7-3-12(4-8-14)13-6-2-11-5-9-17-10-11/h11-13H,2-10H2,1H3. The fourth-order valence-corrected chi connectivity index (χ4v) is 3.57. The van der Waals surface area contributed by atoms with Crippen LogP contribution in [0.1, 0.15) is 25.7 Å². The zero-order valence-corrected chi connectivity index (χ0v) is 11.9. The summed E-state index contributed by atoms with van der Waals surface area (Å²) in [4.78, 5) is 0. The zero-order valence-electron chi connectivity index (χ0n) is 11.1. The summed E-state index contributed by atoms with van der Waals surface area (Å²) in [6.45, 7) is 4.16. The molecule has 2 saturated heterocycles. The second-order valence-electron chi connectivity index (χ2n) is 5.41. The summed E-state index contributed by atoms with van der Waals surface area (Å²) in [5.74, 6) is 0.716. The van der Waals surface area contributed by atoms with E-state index in [-0.39, 0.29) is 0 Å². The van der Waals surface area contributed by atoms with Gasteiger partial charge in [-0.2, -0.15) is 0 Å². The summed E-state index contributed by atoms with van der Waals surface area (Å²) in [7, 11) is -2.99. The molecular weight excluding hydrogens is 252 g/mol. The molecule has 2 rings (SSSR count). The molecule has 0 radical (unpaired) electrons. The van der Waals surface area contributed by atoms with Gasteiger partial charge in [0.05, 0.1) is 6.26 Å². The van der Waals surface area contributed by atoms with Gasteiger partial charge < -0.3 is 10.1 Å². The third-order valence-electron chi connectivity index (χ3n) is 3.93. The van der Waals surface area contributed by atoms with Crippen molar-refractivity contribution in [2.75, 3.05) is 39.1 Å². The third kappa shape index (κ3) is 4.19. The molecule has 0 aliphatic carbocycles. The second-order valence-corrected chi connectivity index (χ2v) is 7.39. The summed E-state index contributed by atoms with van der Waals surface area (Å²) in [6.07, 6.45) is 5.50. The van der Waals surface area contributed by atoms with Crippen molar-refractivity contribution in [1.29, 1.82) is 0 Å². The van der Waals surface area contributed by atoms with Gasteiger partial charge in [0, 0.05) is 32.3 Å².